The number of carbonyl (C=O) groups is 1. The molecule has 1 unspecified atom stereocenters. The molecule has 1 atom stereocenters. The van der Waals surface area contributed by atoms with Crippen molar-refractivity contribution >= 4 is 33.3 Å². The number of nitrogens with one attached hydrogen (secondary N) is 1. The van der Waals surface area contributed by atoms with Crippen molar-refractivity contribution in [1.82, 2.24) is 14.1 Å². The third-order valence-electron chi connectivity index (χ3n) is 4.55. The Morgan fingerprint density at radius 3 is 2.65 bits per heavy atom. The van der Waals surface area contributed by atoms with Crippen LogP contribution in [-0.4, -0.2) is 42.5 Å². The first kappa shape index (κ1) is 18.9. The van der Waals surface area contributed by atoms with Crippen molar-refractivity contribution in [3.05, 3.63) is 41.0 Å². The first-order valence-electron chi connectivity index (χ1n) is 8.28. The molecule has 0 aliphatic heterocycles. The summed E-state index contributed by atoms with van der Waals surface area (Å²) in [6.07, 6.45) is 3.97. The minimum atomic E-state index is -3.75. The van der Waals surface area contributed by atoms with Crippen LogP contribution in [0.3, 0.4) is 0 Å². The number of rotatable bonds is 6. The van der Waals surface area contributed by atoms with Gasteiger partial charge in [-0.3, -0.25) is 4.79 Å². The Morgan fingerprint density at radius 2 is 2.04 bits per heavy atom. The second-order valence-electron chi connectivity index (χ2n) is 6.63. The molecule has 1 aliphatic carbocycles. The lowest BCUT2D eigenvalue weighted by atomic mass is 10.2. The number of hydrogen-bond donors (Lipinski definition) is 1. The van der Waals surface area contributed by atoms with E-state index in [2.05, 4.69) is 17.3 Å². The minimum absolute atomic E-state index is 0.0719. The molecule has 1 saturated carbocycles. The molecule has 1 aromatic carbocycles. The van der Waals surface area contributed by atoms with E-state index in [0.29, 0.717) is 11.7 Å². The zero-order valence-corrected chi connectivity index (χ0v) is 16.4. The lowest BCUT2D eigenvalue weighted by Crippen LogP contribution is -2.23. The van der Waals surface area contributed by atoms with Crippen molar-refractivity contribution in [1.29, 1.82) is 0 Å². The number of amides is 1. The van der Waals surface area contributed by atoms with Gasteiger partial charge in [0.05, 0.1) is 17.3 Å². The van der Waals surface area contributed by atoms with Gasteiger partial charge in [0.2, 0.25) is 10.0 Å². The summed E-state index contributed by atoms with van der Waals surface area (Å²) in [6.45, 7) is 2.07. The Balaban J connectivity index is 1.87. The molecule has 1 aromatic heterocycles. The van der Waals surface area contributed by atoms with E-state index in [4.69, 9.17) is 11.6 Å². The molecule has 140 valence electrons. The van der Waals surface area contributed by atoms with E-state index in [9.17, 15) is 13.2 Å². The fourth-order valence-electron chi connectivity index (χ4n) is 2.74. The molecule has 26 heavy (non-hydrogen) atoms. The van der Waals surface area contributed by atoms with Gasteiger partial charge in [0, 0.05) is 25.7 Å². The highest BCUT2D eigenvalue weighted by Crippen LogP contribution is 2.40. The number of sulfonamides is 1. The molecule has 9 heteroatoms. The summed E-state index contributed by atoms with van der Waals surface area (Å²) in [5.74, 6) is 0.751. The Bertz CT molecular complexity index is 935. The van der Waals surface area contributed by atoms with Crippen molar-refractivity contribution in [2.75, 3.05) is 19.4 Å². The molecule has 0 spiro atoms. The zero-order valence-electron chi connectivity index (χ0n) is 14.8. The predicted octanol–water partition coefficient (Wildman–Crippen LogP) is 3.01. The Hall–Kier alpha value is -1.90. The summed E-state index contributed by atoms with van der Waals surface area (Å²) in [4.78, 5) is 12.5. The molecule has 1 N–H and O–H groups in total. The Kier molecular flexibility index (Phi) is 5.09. The second-order valence-corrected chi connectivity index (χ2v) is 9.15. The third-order valence-corrected chi connectivity index (χ3v) is 6.85. The van der Waals surface area contributed by atoms with E-state index >= 15 is 0 Å². The summed E-state index contributed by atoms with van der Waals surface area (Å²) in [6, 6.07) is 6.13. The van der Waals surface area contributed by atoms with Gasteiger partial charge in [-0.15, -0.1) is 0 Å². The first-order valence-corrected chi connectivity index (χ1v) is 10.1. The van der Waals surface area contributed by atoms with Crippen LogP contribution in [-0.2, 0) is 10.0 Å². The van der Waals surface area contributed by atoms with Crippen molar-refractivity contribution in [2.24, 2.45) is 5.92 Å². The molecule has 2 aromatic rings. The fraction of sp³-hybridized carbons (Fsp3) is 0.412. The van der Waals surface area contributed by atoms with Gasteiger partial charge in [-0.2, -0.15) is 5.10 Å². The predicted molar refractivity (Wildman–Crippen MR) is 99.9 cm³/mol. The number of hydrogen-bond acceptors (Lipinski definition) is 4. The van der Waals surface area contributed by atoms with Gasteiger partial charge in [0.25, 0.3) is 5.91 Å². The minimum Gasteiger partial charge on any atom is -0.307 e. The average molecular weight is 397 g/mol. The van der Waals surface area contributed by atoms with E-state index in [1.807, 2.05) is 0 Å². The molecule has 0 saturated heterocycles. The van der Waals surface area contributed by atoms with Crippen molar-refractivity contribution in [2.45, 2.75) is 30.7 Å². The molecule has 0 bridgehead atoms. The van der Waals surface area contributed by atoms with Crippen LogP contribution in [0.5, 0.6) is 0 Å². The maximum Gasteiger partial charge on any atom is 0.256 e. The number of aromatic nitrogens is 2. The van der Waals surface area contributed by atoms with Crippen LogP contribution in [0.15, 0.2) is 35.4 Å². The van der Waals surface area contributed by atoms with Crippen LogP contribution in [0.4, 0.5) is 5.82 Å². The molecule has 1 amide bonds. The maximum absolute atomic E-state index is 12.6. The highest BCUT2D eigenvalue weighted by Gasteiger charge is 2.31. The van der Waals surface area contributed by atoms with Crippen LogP contribution < -0.4 is 5.32 Å². The molecule has 3 rings (SSSR count). The molecular formula is C17H21ClN4O3S. The number of benzene rings is 1. The smallest absolute Gasteiger partial charge is 0.256 e. The van der Waals surface area contributed by atoms with E-state index in [1.165, 1.54) is 32.3 Å². The van der Waals surface area contributed by atoms with Crippen LogP contribution in [0, 0.1) is 5.92 Å². The van der Waals surface area contributed by atoms with Gasteiger partial charge in [-0.25, -0.2) is 17.4 Å². The van der Waals surface area contributed by atoms with Gasteiger partial charge < -0.3 is 5.32 Å². The third kappa shape index (κ3) is 3.62. The summed E-state index contributed by atoms with van der Waals surface area (Å²) in [5, 5.41) is 7.18. The molecule has 7 nitrogen and oxygen atoms in total. The van der Waals surface area contributed by atoms with Crippen LogP contribution in [0.2, 0.25) is 5.02 Å². The normalized spacial score (nSPS) is 15.9. The molecule has 1 fully saturated rings. The van der Waals surface area contributed by atoms with E-state index in [-0.39, 0.29) is 21.5 Å². The van der Waals surface area contributed by atoms with Gasteiger partial charge in [-0.05, 0) is 43.9 Å². The summed E-state index contributed by atoms with van der Waals surface area (Å²) < 4.78 is 27.6. The SMILES string of the molecule is CC(C1CC1)n1nccc1NC(=O)c1ccc(Cl)c(S(=O)(=O)N(C)C)c1. The van der Waals surface area contributed by atoms with E-state index in [0.717, 1.165) is 17.1 Å². The highest BCUT2D eigenvalue weighted by atomic mass is 35.5. The van der Waals surface area contributed by atoms with Crippen LogP contribution >= 0.6 is 11.6 Å². The topological polar surface area (TPSA) is 84.3 Å². The summed E-state index contributed by atoms with van der Waals surface area (Å²) in [7, 11) is -0.920. The van der Waals surface area contributed by atoms with Gasteiger partial charge in [-0.1, -0.05) is 11.6 Å². The lowest BCUT2D eigenvalue weighted by Gasteiger charge is -2.16. The number of carbonyl (C=O) groups excluding carboxylic acids is 1. The number of anilines is 1. The van der Waals surface area contributed by atoms with Crippen molar-refractivity contribution < 1.29 is 13.2 Å². The van der Waals surface area contributed by atoms with Crippen LogP contribution in [0.25, 0.3) is 0 Å². The van der Waals surface area contributed by atoms with E-state index < -0.39 is 15.9 Å². The summed E-state index contributed by atoms with van der Waals surface area (Å²) >= 11 is 6.03. The van der Waals surface area contributed by atoms with Crippen molar-refractivity contribution in [3.63, 3.8) is 0 Å². The lowest BCUT2D eigenvalue weighted by molar-refractivity contribution is 0.102. The molecule has 1 heterocycles. The number of halogens is 1. The van der Waals surface area contributed by atoms with Crippen molar-refractivity contribution in [3.8, 4) is 0 Å². The van der Waals surface area contributed by atoms with E-state index in [1.54, 1.807) is 16.9 Å². The highest BCUT2D eigenvalue weighted by molar-refractivity contribution is 7.89. The summed E-state index contributed by atoms with van der Waals surface area (Å²) in [5.41, 5.74) is 0.210. The molecule has 1 aliphatic rings. The molecular weight excluding hydrogens is 376 g/mol. The fourth-order valence-corrected chi connectivity index (χ4v) is 4.14. The van der Waals surface area contributed by atoms with Gasteiger partial charge in [0.1, 0.15) is 10.7 Å². The monoisotopic (exact) mass is 396 g/mol. The zero-order chi connectivity index (χ0) is 19.1. The average Bonchev–Trinajstić information content (AvgIpc) is 3.34. The quantitative estimate of drug-likeness (QED) is 0.813. The van der Waals surface area contributed by atoms with Gasteiger partial charge >= 0.3 is 0 Å². The Morgan fingerprint density at radius 1 is 1.35 bits per heavy atom. The number of nitrogens with zero attached hydrogens (tertiary/aromatic N) is 3. The van der Waals surface area contributed by atoms with Gasteiger partial charge in [0.15, 0.2) is 0 Å². The largest absolute Gasteiger partial charge is 0.307 e. The second kappa shape index (κ2) is 7.02. The van der Waals surface area contributed by atoms with Crippen LogP contribution in [0.1, 0.15) is 36.2 Å². The Labute approximate surface area is 158 Å². The molecule has 0 radical (unpaired) electrons. The standard InChI is InChI=1S/C17H21ClN4O3S/c1-11(12-4-5-12)22-16(8-9-19-22)20-17(23)13-6-7-14(18)15(10-13)26(24,25)21(2)3/h6-12H,4-5H2,1-3H3,(H,20,23). The first-order chi connectivity index (χ1) is 12.2. The maximum atomic E-state index is 12.6.